The molecule has 3 aliphatic heterocycles. The van der Waals surface area contributed by atoms with E-state index in [2.05, 4.69) is 5.32 Å². The van der Waals surface area contributed by atoms with Crippen molar-refractivity contribution in [2.45, 2.75) is 51.4 Å². The minimum Gasteiger partial charge on any atom is -0.497 e. The lowest BCUT2D eigenvalue weighted by Crippen LogP contribution is -2.66. The number of carbonyl (C=O) groups excluding carboxylic acids is 3. The Bertz CT molecular complexity index is 1100. The van der Waals surface area contributed by atoms with Crippen molar-refractivity contribution in [2.24, 2.45) is 5.92 Å². The molecule has 0 aromatic heterocycles. The van der Waals surface area contributed by atoms with Crippen LogP contribution >= 0.6 is 0 Å². The van der Waals surface area contributed by atoms with Gasteiger partial charge in [-0.3, -0.25) is 4.79 Å². The Balaban J connectivity index is 1.49. The molecule has 0 spiro atoms. The number of methoxy groups -OCH3 is 1. The minimum atomic E-state index is -1.03. The summed E-state index contributed by atoms with van der Waals surface area (Å²) in [4.78, 5) is 39.1. The van der Waals surface area contributed by atoms with Gasteiger partial charge in [-0.15, -0.1) is 0 Å². The van der Waals surface area contributed by atoms with Crippen molar-refractivity contribution in [3.05, 3.63) is 65.7 Å². The Morgan fingerprint density at radius 2 is 1.65 bits per heavy atom. The van der Waals surface area contributed by atoms with Gasteiger partial charge in [0.05, 0.1) is 20.2 Å². The average Bonchev–Trinajstić information content (AvgIpc) is 2.87. The zero-order chi connectivity index (χ0) is 26.6. The summed E-state index contributed by atoms with van der Waals surface area (Å²) >= 11 is 0. The van der Waals surface area contributed by atoms with Crippen LogP contribution in [0.4, 0.5) is 4.79 Å². The Hall–Kier alpha value is -3.39. The molecule has 1 N–H and O–H groups in total. The Kier molecular flexibility index (Phi) is 7.87. The molecule has 5 rings (SSSR count). The number of alkyl carbamates (subject to hydrolysis) is 1. The number of amides is 1. The predicted octanol–water partition coefficient (Wildman–Crippen LogP) is 4.30. The molecule has 3 fully saturated rings. The molecule has 2 aromatic carbocycles. The number of quaternary nitrogens is 1. The van der Waals surface area contributed by atoms with Crippen LogP contribution < -0.4 is 10.1 Å². The Morgan fingerprint density at radius 3 is 2.24 bits per heavy atom. The third-order valence-electron chi connectivity index (χ3n) is 7.23. The first-order chi connectivity index (χ1) is 17.6. The molecule has 0 radical (unpaired) electrons. The molecule has 1 unspecified atom stereocenters. The lowest BCUT2D eigenvalue weighted by Gasteiger charge is -2.51. The highest BCUT2D eigenvalue weighted by Gasteiger charge is 2.49. The Morgan fingerprint density at radius 1 is 1.00 bits per heavy atom. The van der Waals surface area contributed by atoms with Gasteiger partial charge in [0.2, 0.25) is 5.78 Å². The highest BCUT2D eigenvalue weighted by molar-refractivity contribution is 5.97. The number of nitrogens with one attached hydrogen (secondary N) is 1. The summed E-state index contributed by atoms with van der Waals surface area (Å²) in [7, 11) is 1.56. The first-order valence-corrected chi connectivity index (χ1v) is 12.8. The van der Waals surface area contributed by atoms with Crippen molar-refractivity contribution in [1.82, 2.24) is 5.32 Å². The molecule has 3 heterocycles. The van der Waals surface area contributed by atoms with Gasteiger partial charge in [-0.2, -0.15) is 0 Å². The topological polar surface area (TPSA) is 90.9 Å². The lowest BCUT2D eigenvalue weighted by atomic mass is 9.82. The number of hydrogen-bond acceptors (Lipinski definition) is 6. The molecular weight excluding hydrogens is 472 g/mol. The van der Waals surface area contributed by atoms with Gasteiger partial charge in [0.15, 0.2) is 12.1 Å². The van der Waals surface area contributed by atoms with Crippen molar-refractivity contribution in [2.75, 3.05) is 33.3 Å². The van der Waals surface area contributed by atoms with Gasteiger partial charge in [-0.1, -0.05) is 42.5 Å². The highest BCUT2D eigenvalue weighted by Crippen LogP contribution is 2.36. The Labute approximate surface area is 218 Å². The lowest BCUT2D eigenvalue weighted by molar-refractivity contribution is -0.938. The molecule has 37 heavy (non-hydrogen) atoms. The first kappa shape index (κ1) is 26.7. The van der Waals surface area contributed by atoms with Crippen molar-refractivity contribution < 1.29 is 33.1 Å². The number of piperidine rings is 3. The van der Waals surface area contributed by atoms with E-state index in [1.807, 2.05) is 30.3 Å². The second-order valence-electron chi connectivity index (χ2n) is 11.1. The van der Waals surface area contributed by atoms with Gasteiger partial charge in [0.25, 0.3) is 0 Å². The minimum absolute atomic E-state index is 0.105. The van der Waals surface area contributed by atoms with Crippen LogP contribution in [0.25, 0.3) is 0 Å². The molecule has 2 bridgehead atoms. The van der Waals surface area contributed by atoms with E-state index in [-0.39, 0.29) is 17.8 Å². The van der Waals surface area contributed by atoms with Crippen LogP contribution in [0.1, 0.15) is 55.6 Å². The second kappa shape index (κ2) is 10.9. The van der Waals surface area contributed by atoms with E-state index in [9.17, 15) is 14.4 Å². The van der Waals surface area contributed by atoms with Crippen molar-refractivity contribution in [3.63, 3.8) is 0 Å². The highest BCUT2D eigenvalue weighted by atomic mass is 16.6. The maximum atomic E-state index is 13.5. The van der Waals surface area contributed by atoms with E-state index in [0.29, 0.717) is 34.4 Å². The van der Waals surface area contributed by atoms with E-state index in [1.54, 1.807) is 52.1 Å². The molecule has 0 aliphatic carbocycles. The fourth-order valence-corrected chi connectivity index (χ4v) is 5.31. The van der Waals surface area contributed by atoms with E-state index in [4.69, 9.17) is 14.2 Å². The van der Waals surface area contributed by atoms with Crippen LogP contribution in [-0.4, -0.2) is 67.3 Å². The fraction of sp³-hybridized carbons (Fsp3) is 0.483. The standard InChI is InChI=1S/C29H36N2O6/c1-29(2,3)37-28(34)30-26(22-10-12-23(35-4)13-11-22)27(33)36-25-19-31(16-14-21(25)15-17-31)18-24(32)20-8-6-5-7-9-20/h5-13,21,25-26H,14-19H2,1-4H3/p+1/t21?,25-,26?,31?/m0/s1. The summed E-state index contributed by atoms with van der Waals surface area (Å²) in [6.07, 6.45) is 0.773. The zero-order valence-electron chi connectivity index (χ0n) is 22.1. The zero-order valence-corrected chi connectivity index (χ0v) is 22.1. The third-order valence-corrected chi connectivity index (χ3v) is 7.23. The third kappa shape index (κ3) is 6.68. The van der Waals surface area contributed by atoms with E-state index in [0.717, 1.165) is 25.9 Å². The summed E-state index contributed by atoms with van der Waals surface area (Å²) in [5.74, 6) is 0.449. The number of Topliss-reactive ketones (excluding diaryl/α,β-unsaturated/α-hetero) is 1. The molecular formula is C29H37N2O6+. The van der Waals surface area contributed by atoms with E-state index in [1.165, 1.54) is 0 Å². The smallest absolute Gasteiger partial charge is 0.408 e. The largest absolute Gasteiger partial charge is 0.497 e. The van der Waals surface area contributed by atoms with Crippen LogP contribution in [0.3, 0.4) is 0 Å². The maximum absolute atomic E-state index is 13.5. The van der Waals surface area contributed by atoms with Gasteiger partial charge in [0, 0.05) is 24.3 Å². The van der Waals surface area contributed by atoms with Crippen LogP contribution in [0, 0.1) is 5.92 Å². The van der Waals surface area contributed by atoms with Crippen LogP contribution in [0.5, 0.6) is 5.75 Å². The van der Waals surface area contributed by atoms with Gasteiger partial charge >= 0.3 is 12.1 Å². The first-order valence-electron chi connectivity index (χ1n) is 12.8. The monoisotopic (exact) mass is 509 g/mol. The summed E-state index contributed by atoms with van der Waals surface area (Å²) in [6.45, 7) is 8.07. The van der Waals surface area contributed by atoms with Gasteiger partial charge in [0.1, 0.15) is 24.4 Å². The summed E-state index contributed by atoms with van der Waals surface area (Å²) in [5, 5.41) is 2.69. The molecule has 3 saturated heterocycles. The molecule has 2 atom stereocenters. The molecule has 3 aliphatic rings. The van der Waals surface area contributed by atoms with E-state index < -0.39 is 23.7 Å². The van der Waals surface area contributed by atoms with Crippen molar-refractivity contribution >= 4 is 17.8 Å². The molecule has 8 nitrogen and oxygen atoms in total. The van der Waals surface area contributed by atoms with E-state index >= 15 is 0 Å². The molecule has 2 aromatic rings. The normalized spacial score (nSPS) is 23.6. The van der Waals surface area contributed by atoms with Gasteiger partial charge < -0.3 is 24.0 Å². The molecule has 198 valence electrons. The van der Waals surface area contributed by atoms with Crippen molar-refractivity contribution in [3.8, 4) is 5.75 Å². The molecule has 8 heteroatoms. The summed E-state index contributed by atoms with van der Waals surface area (Å²) < 4.78 is 17.3. The second-order valence-corrected chi connectivity index (χ2v) is 11.1. The number of nitrogens with zero attached hydrogens (tertiary/aromatic N) is 1. The maximum Gasteiger partial charge on any atom is 0.408 e. The summed E-state index contributed by atoms with van der Waals surface area (Å²) in [5.41, 5.74) is 0.564. The van der Waals surface area contributed by atoms with Gasteiger partial charge in [-0.05, 0) is 38.5 Å². The number of carbonyl (C=O) groups is 3. The summed E-state index contributed by atoms with van der Waals surface area (Å²) in [6, 6.07) is 15.2. The average molecular weight is 510 g/mol. The predicted molar refractivity (Wildman–Crippen MR) is 138 cm³/mol. The number of ether oxygens (including phenoxy) is 3. The molecule has 1 amide bonds. The number of esters is 1. The quantitative estimate of drug-likeness (QED) is 0.324. The number of benzene rings is 2. The molecule has 0 saturated carbocycles. The number of hydrogen-bond donors (Lipinski definition) is 1. The van der Waals surface area contributed by atoms with Crippen LogP contribution in [-0.2, 0) is 14.3 Å². The van der Waals surface area contributed by atoms with Crippen LogP contribution in [0.15, 0.2) is 54.6 Å². The van der Waals surface area contributed by atoms with Crippen LogP contribution in [0.2, 0.25) is 0 Å². The number of rotatable bonds is 8. The fourth-order valence-electron chi connectivity index (χ4n) is 5.31. The number of fused-ring (bicyclic) bond motifs is 3. The SMILES string of the molecule is COc1ccc(C(NC(=O)OC(C)(C)C)C(=O)O[C@H]2C[N+]3(CC(=O)c4ccccc4)CCC2CC3)cc1. The number of ketones is 1. The van der Waals surface area contributed by atoms with Crippen molar-refractivity contribution in [1.29, 1.82) is 0 Å². The van der Waals surface area contributed by atoms with Gasteiger partial charge in [-0.25, -0.2) is 9.59 Å².